The van der Waals surface area contributed by atoms with Crippen molar-refractivity contribution in [2.24, 2.45) is 5.73 Å². The molecule has 0 aliphatic heterocycles. The summed E-state index contributed by atoms with van der Waals surface area (Å²) < 4.78 is 33.2. The summed E-state index contributed by atoms with van der Waals surface area (Å²) in [5.41, 5.74) is 5.41. The van der Waals surface area contributed by atoms with Gasteiger partial charge in [0.1, 0.15) is 6.61 Å². The van der Waals surface area contributed by atoms with E-state index in [9.17, 15) is 19.0 Å². The summed E-state index contributed by atoms with van der Waals surface area (Å²) >= 11 is 0. The summed E-state index contributed by atoms with van der Waals surface area (Å²) in [6.45, 7) is 3.60. The number of unbranched alkanes of at least 4 members (excludes halogenated alkanes) is 34. The zero-order valence-corrected chi connectivity index (χ0v) is 64.6. The smallest absolute Gasteiger partial charge is 0.462 e. The number of rotatable bonds is 75. The molecule has 564 valence electrons. The van der Waals surface area contributed by atoms with Crippen LogP contribution in [0, 0.1) is 0 Å². The van der Waals surface area contributed by atoms with Crippen LogP contribution in [0.5, 0.6) is 0 Å². The zero-order chi connectivity index (χ0) is 71.5. The van der Waals surface area contributed by atoms with Gasteiger partial charge in [-0.05, 0) is 135 Å². The highest BCUT2D eigenvalue weighted by Gasteiger charge is 2.26. The van der Waals surface area contributed by atoms with Crippen molar-refractivity contribution >= 4 is 19.8 Å². The molecule has 0 saturated carbocycles. The summed E-state index contributed by atoms with van der Waals surface area (Å²) in [7, 11) is -4.42. The van der Waals surface area contributed by atoms with Gasteiger partial charge in [0.2, 0.25) is 0 Å². The highest BCUT2D eigenvalue weighted by molar-refractivity contribution is 7.47. The number of allylic oxidation sites excluding steroid dienone is 28. The van der Waals surface area contributed by atoms with Crippen molar-refractivity contribution in [2.45, 2.75) is 354 Å². The van der Waals surface area contributed by atoms with E-state index in [0.29, 0.717) is 6.42 Å². The average molecular weight is 1390 g/mol. The Kier molecular flexibility index (Phi) is 78.5. The molecule has 9 nitrogen and oxygen atoms in total. The monoisotopic (exact) mass is 1390 g/mol. The second kappa shape index (κ2) is 82.3. The second-order valence-corrected chi connectivity index (χ2v) is 28.0. The number of phosphoric acid groups is 1. The molecule has 0 aromatic rings. The second-order valence-electron chi connectivity index (χ2n) is 26.6. The van der Waals surface area contributed by atoms with Gasteiger partial charge in [0.25, 0.3) is 0 Å². The Morgan fingerprint density at radius 1 is 0.313 bits per heavy atom. The molecule has 3 N–H and O–H groups in total. The number of carbonyl (C=O) groups is 2. The van der Waals surface area contributed by atoms with Gasteiger partial charge >= 0.3 is 19.8 Å². The minimum Gasteiger partial charge on any atom is -0.462 e. The SMILES string of the molecule is CC/C=C\C/C=C\C/C=C\C/C=C\C/C=C\C/C=C\C/C=C\C/C=C\C/C=C\C/C=C\C/C=C\CCCCCC(=O)OC(COC(=O)CCCCCCCCCCCCCCCCCCCCCCCCCCCC/C=C\C/C=C\C/C=C\CCCCCCC)COP(=O)(O)OCCN. The maximum Gasteiger partial charge on any atom is 0.472 e. The number of hydrogen-bond donors (Lipinski definition) is 2. The van der Waals surface area contributed by atoms with E-state index in [-0.39, 0.29) is 38.6 Å². The first-order valence-corrected chi connectivity index (χ1v) is 42.1. The molecular formula is C89H150NO8P. The van der Waals surface area contributed by atoms with Crippen LogP contribution in [0.15, 0.2) is 170 Å². The molecule has 0 heterocycles. The van der Waals surface area contributed by atoms with Crippen molar-refractivity contribution in [2.75, 3.05) is 26.4 Å². The van der Waals surface area contributed by atoms with Crippen LogP contribution in [-0.2, 0) is 32.7 Å². The maximum absolute atomic E-state index is 12.8. The first-order valence-electron chi connectivity index (χ1n) is 40.6. The first-order chi connectivity index (χ1) is 48.8. The number of ether oxygens (including phenoxy) is 2. The molecule has 0 fully saturated rings. The van der Waals surface area contributed by atoms with Gasteiger partial charge < -0.3 is 20.1 Å². The fraction of sp³-hybridized carbons (Fsp3) is 0.663. The third-order valence-corrected chi connectivity index (χ3v) is 18.1. The molecule has 0 radical (unpaired) electrons. The van der Waals surface area contributed by atoms with Crippen molar-refractivity contribution in [1.82, 2.24) is 0 Å². The topological polar surface area (TPSA) is 134 Å². The molecule has 0 amide bonds. The molecule has 2 atom stereocenters. The Morgan fingerprint density at radius 2 is 0.556 bits per heavy atom. The molecule has 99 heavy (non-hydrogen) atoms. The number of nitrogens with two attached hydrogens (primary N) is 1. The average Bonchev–Trinajstić information content (AvgIpc) is 1.64. The summed E-state index contributed by atoms with van der Waals surface area (Å²) in [6.07, 6.45) is 122. The van der Waals surface area contributed by atoms with E-state index < -0.39 is 26.5 Å². The van der Waals surface area contributed by atoms with Gasteiger partial charge in [-0.25, -0.2) is 4.57 Å². The minimum atomic E-state index is -4.42. The van der Waals surface area contributed by atoms with E-state index in [1.54, 1.807) is 0 Å². The Morgan fingerprint density at radius 3 is 0.838 bits per heavy atom. The lowest BCUT2D eigenvalue weighted by Gasteiger charge is -2.19. The van der Waals surface area contributed by atoms with E-state index in [4.69, 9.17) is 24.3 Å². The molecule has 0 saturated heterocycles. The van der Waals surface area contributed by atoms with Crippen LogP contribution in [0.25, 0.3) is 0 Å². The lowest BCUT2D eigenvalue weighted by Crippen LogP contribution is -2.29. The molecule has 0 bridgehead atoms. The Bertz CT molecular complexity index is 2240. The fourth-order valence-electron chi connectivity index (χ4n) is 11.1. The van der Waals surface area contributed by atoms with Crippen LogP contribution >= 0.6 is 7.82 Å². The summed E-state index contributed by atoms with van der Waals surface area (Å²) in [4.78, 5) is 35.4. The normalized spacial score (nSPS) is 13.8. The van der Waals surface area contributed by atoms with Crippen molar-refractivity contribution in [1.29, 1.82) is 0 Å². The van der Waals surface area contributed by atoms with E-state index >= 15 is 0 Å². The molecule has 2 unspecified atom stereocenters. The highest BCUT2D eigenvalue weighted by atomic mass is 31.2. The van der Waals surface area contributed by atoms with Crippen molar-refractivity contribution in [3.63, 3.8) is 0 Å². The lowest BCUT2D eigenvalue weighted by atomic mass is 10.0. The van der Waals surface area contributed by atoms with Crippen LogP contribution in [0.3, 0.4) is 0 Å². The third-order valence-electron chi connectivity index (χ3n) is 17.1. The third kappa shape index (κ3) is 82.2. The van der Waals surface area contributed by atoms with Crippen molar-refractivity contribution in [3.8, 4) is 0 Å². The number of hydrogen-bond acceptors (Lipinski definition) is 8. The molecular weight excluding hydrogens is 1240 g/mol. The van der Waals surface area contributed by atoms with Crippen LogP contribution in [0.2, 0.25) is 0 Å². The molecule has 0 aliphatic carbocycles. The molecule has 0 aliphatic rings. The fourth-order valence-corrected chi connectivity index (χ4v) is 11.9. The molecule has 10 heteroatoms. The van der Waals surface area contributed by atoms with E-state index in [2.05, 4.69) is 184 Å². The predicted octanol–water partition coefficient (Wildman–Crippen LogP) is 27.6. The van der Waals surface area contributed by atoms with Crippen LogP contribution < -0.4 is 5.73 Å². The predicted molar refractivity (Wildman–Crippen MR) is 431 cm³/mol. The molecule has 0 spiro atoms. The van der Waals surface area contributed by atoms with Gasteiger partial charge in [-0.1, -0.05) is 370 Å². The highest BCUT2D eigenvalue weighted by Crippen LogP contribution is 2.43. The quantitative estimate of drug-likeness (QED) is 0.0264. The van der Waals surface area contributed by atoms with E-state index in [1.807, 2.05) is 0 Å². The van der Waals surface area contributed by atoms with Crippen LogP contribution in [0.4, 0.5) is 0 Å². The van der Waals surface area contributed by atoms with Crippen LogP contribution in [0.1, 0.15) is 348 Å². The molecule has 0 rings (SSSR count). The summed E-state index contributed by atoms with van der Waals surface area (Å²) in [6, 6.07) is 0. The van der Waals surface area contributed by atoms with Gasteiger partial charge in [-0.3, -0.25) is 18.6 Å². The standard InChI is InChI=1S/C89H150NO8P/c1-3-5-7-9-11-13-15-17-19-21-23-25-27-29-31-33-35-37-39-41-42-43-44-46-47-49-51-53-55-57-59-61-63-65-67-69-71-73-75-77-79-81-88(91)95-85-87(86-97-99(93,94)96-84-83-90)98-89(92)82-80-78-76-74-72-70-68-66-64-62-60-58-56-54-52-50-48-45-40-38-36-34-32-30-28-26-24-22-20-18-16-14-12-10-8-6-4-2/h6,8,12,14-15,17-18,20-21,23-24,26-27,29-30,32,36,38,45,48,52,54,58,60,64,66,70,72,87H,3-5,7,9-11,13,16,19,22,25,28,31,33-35,37,39-44,46-47,49-51,53,55-57,59,61-63,65,67-69,71,73-86,90H2,1-2H3,(H,93,94)/b8-6-,14-12-,17-15-,20-18-,23-21-,26-24-,29-27-,32-30-,38-36-,48-45-,54-52-,60-58-,66-64-,72-70-. The van der Waals surface area contributed by atoms with Gasteiger partial charge in [-0.15, -0.1) is 0 Å². The minimum absolute atomic E-state index is 0.0407. The Hall–Kier alpha value is -4.63. The van der Waals surface area contributed by atoms with Gasteiger partial charge in [0, 0.05) is 19.4 Å². The summed E-state index contributed by atoms with van der Waals surface area (Å²) in [5.74, 6) is -0.865. The maximum atomic E-state index is 12.8. The largest absolute Gasteiger partial charge is 0.472 e. The van der Waals surface area contributed by atoms with Crippen molar-refractivity contribution < 1.29 is 37.6 Å². The summed E-state index contributed by atoms with van der Waals surface area (Å²) in [5, 5.41) is 0. The lowest BCUT2D eigenvalue weighted by molar-refractivity contribution is -0.161. The zero-order valence-electron chi connectivity index (χ0n) is 63.7. The molecule has 0 aromatic heterocycles. The van der Waals surface area contributed by atoms with Gasteiger partial charge in [0.15, 0.2) is 6.10 Å². The molecule has 0 aromatic carbocycles. The number of phosphoric ester groups is 1. The Labute approximate surface area is 610 Å². The van der Waals surface area contributed by atoms with Crippen molar-refractivity contribution in [3.05, 3.63) is 170 Å². The Balaban J connectivity index is 3.90. The number of carbonyl (C=O) groups excluding carboxylic acids is 2. The van der Waals surface area contributed by atoms with E-state index in [0.717, 1.165) is 122 Å². The van der Waals surface area contributed by atoms with Crippen LogP contribution in [-0.4, -0.2) is 49.3 Å². The van der Waals surface area contributed by atoms with Gasteiger partial charge in [0.05, 0.1) is 13.2 Å². The number of esters is 2. The van der Waals surface area contributed by atoms with E-state index in [1.165, 1.54) is 193 Å². The first kappa shape index (κ1) is 94.4. The van der Waals surface area contributed by atoms with Gasteiger partial charge in [-0.2, -0.15) is 0 Å².